The van der Waals surface area contributed by atoms with Gasteiger partial charge in [-0.05, 0) is 54.8 Å². The fourth-order valence-electron chi connectivity index (χ4n) is 5.63. The molecule has 5 aromatic rings. The molecule has 0 radical (unpaired) electrons. The van der Waals surface area contributed by atoms with Crippen LogP contribution in [0.3, 0.4) is 0 Å². The van der Waals surface area contributed by atoms with Crippen LogP contribution in [0.2, 0.25) is 0 Å². The molecule has 1 heterocycles. The van der Waals surface area contributed by atoms with Crippen LogP contribution in [-0.2, 0) is 19.6 Å². The van der Waals surface area contributed by atoms with Crippen molar-refractivity contribution in [3.8, 4) is 0 Å². The molecule has 1 aromatic heterocycles. The van der Waals surface area contributed by atoms with Crippen molar-refractivity contribution >= 4 is 65.6 Å². The number of allylic oxidation sites excluding steroid dienone is 1. The predicted octanol–water partition coefficient (Wildman–Crippen LogP) is 6.69. The van der Waals surface area contributed by atoms with E-state index in [2.05, 4.69) is 0 Å². The number of para-hydroxylation sites is 1. The number of hydrogen-bond donors (Lipinski definition) is 0. The molecule has 0 saturated carbocycles. The molecule has 1 aliphatic carbocycles. The lowest BCUT2D eigenvalue weighted by Gasteiger charge is -2.29. The summed E-state index contributed by atoms with van der Waals surface area (Å²) >= 11 is 0. The molecule has 7 nitrogen and oxygen atoms in total. The standard InChI is InChI=1S/C34H30N2O5S/c1-34(41-2)18-16-24(17-19-34)42(39,40)36(20-7-8-21-37)33(38)28-14-9-13-26-25-11-4-5-12-27(25)32-29(31(26)28)22-23-10-3-6-15-30(23)35-32/h3-6,9-18,21-22H,7-8,19-20H2,1-2H3. The maximum atomic E-state index is 14.4. The van der Waals surface area contributed by atoms with Gasteiger partial charge >= 0.3 is 0 Å². The molecule has 6 rings (SSSR count). The number of unbranched alkanes of at least 4 members (excludes halogenated alkanes) is 1. The summed E-state index contributed by atoms with van der Waals surface area (Å²) in [6.45, 7) is 1.73. The van der Waals surface area contributed by atoms with Crippen LogP contribution >= 0.6 is 0 Å². The molecule has 0 bridgehead atoms. The molecule has 4 aromatic carbocycles. The summed E-state index contributed by atoms with van der Waals surface area (Å²) in [7, 11) is -2.67. The number of pyridine rings is 1. The largest absolute Gasteiger partial charge is 0.374 e. The number of aromatic nitrogens is 1. The van der Waals surface area contributed by atoms with Crippen LogP contribution in [0.15, 0.2) is 95.9 Å². The molecule has 1 atom stereocenters. The maximum absolute atomic E-state index is 14.4. The van der Waals surface area contributed by atoms with Crippen LogP contribution in [0.1, 0.15) is 36.5 Å². The molecule has 0 fully saturated rings. The minimum Gasteiger partial charge on any atom is -0.374 e. The van der Waals surface area contributed by atoms with Crippen molar-refractivity contribution in [2.75, 3.05) is 13.7 Å². The number of methoxy groups -OCH3 is 1. The third kappa shape index (κ3) is 4.66. The van der Waals surface area contributed by atoms with Crippen LogP contribution in [0, 0.1) is 0 Å². The predicted molar refractivity (Wildman–Crippen MR) is 167 cm³/mol. The van der Waals surface area contributed by atoms with Crippen LogP contribution < -0.4 is 0 Å². The number of amides is 1. The topological polar surface area (TPSA) is 93.6 Å². The SMILES string of the molecule is COC1(C)C=CC(S(=O)(=O)N(CCCC=O)C(=O)c2cccc3c4ccccc4c4nc5ccccc5cc4c23)=CC1. The van der Waals surface area contributed by atoms with Crippen LogP contribution in [-0.4, -0.2) is 49.2 Å². The van der Waals surface area contributed by atoms with E-state index in [1.165, 1.54) is 6.08 Å². The van der Waals surface area contributed by atoms with Crippen molar-refractivity contribution in [2.24, 2.45) is 0 Å². The second-order valence-corrected chi connectivity index (χ2v) is 12.6. The summed E-state index contributed by atoms with van der Waals surface area (Å²) in [5.41, 5.74) is 1.20. The molecular formula is C34H30N2O5S. The third-order valence-electron chi connectivity index (χ3n) is 8.03. The highest BCUT2D eigenvalue weighted by atomic mass is 32.2. The van der Waals surface area contributed by atoms with Gasteiger partial charge in [-0.15, -0.1) is 0 Å². The van der Waals surface area contributed by atoms with E-state index < -0.39 is 21.5 Å². The lowest BCUT2D eigenvalue weighted by molar-refractivity contribution is -0.107. The first-order valence-corrected chi connectivity index (χ1v) is 15.3. The number of carbonyl (C=O) groups excluding carboxylic acids is 2. The Morgan fingerprint density at radius 3 is 2.48 bits per heavy atom. The van der Waals surface area contributed by atoms with Gasteiger partial charge in [-0.1, -0.05) is 66.7 Å². The first kappa shape index (κ1) is 27.8. The zero-order chi connectivity index (χ0) is 29.5. The molecule has 0 saturated heterocycles. The van der Waals surface area contributed by atoms with Crippen LogP contribution in [0.4, 0.5) is 0 Å². The summed E-state index contributed by atoms with van der Waals surface area (Å²) < 4.78 is 34.5. The van der Waals surface area contributed by atoms with Gasteiger partial charge in [0.1, 0.15) is 6.29 Å². The number of rotatable bonds is 8. The van der Waals surface area contributed by atoms with Gasteiger partial charge in [0.25, 0.3) is 15.9 Å². The maximum Gasteiger partial charge on any atom is 0.268 e. The van der Waals surface area contributed by atoms with Gasteiger partial charge in [0.05, 0.1) is 21.5 Å². The highest BCUT2D eigenvalue weighted by Gasteiger charge is 2.34. The van der Waals surface area contributed by atoms with Crippen molar-refractivity contribution < 1.29 is 22.7 Å². The molecule has 0 aliphatic heterocycles. The zero-order valence-corrected chi connectivity index (χ0v) is 24.2. The molecule has 1 amide bonds. The smallest absolute Gasteiger partial charge is 0.268 e. The normalized spacial score (nSPS) is 17.1. The second kappa shape index (κ2) is 10.8. The van der Waals surface area contributed by atoms with Gasteiger partial charge in [-0.3, -0.25) is 4.79 Å². The quantitative estimate of drug-likeness (QED) is 0.0881. The number of sulfonamides is 1. The number of fused-ring (bicyclic) bond motifs is 7. The van der Waals surface area contributed by atoms with Crippen molar-refractivity contribution in [1.82, 2.24) is 9.29 Å². The van der Waals surface area contributed by atoms with E-state index in [-0.39, 0.29) is 29.9 Å². The molecule has 0 spiro atoms. The van der Waals surface area contributed by atoms with E-state index in [0.717, 1.165) is 48.6 Å². The second-order valence-electron chi connectivity index (χ2n) is 10.7. The number of benzene rings is 4. The summed E-state index contributed by atoms with van der Waals surface area (Å²) in [5, 5.41) is 5.03. The first-order valence-electron chi connectivity index (χ1n) is 13.9. The fraction of sp³-hybridized carbons (Fsp3) is 0.206. The molecule has 0 N–H and O–H groups in total. The van der Waals surface area contributed by atoms with Gasteiger partial charge in [0, 0.05) is 47.2 Å². The number of aldehydes is 1. The molecule has 8 heteroatoms. The average molecular weight is 579 g/mol. The average Bonchev–Trinajstić information content (AvgIpc) is 3.02. The summed E-state index contributed by atoms with van der Waals surface area (Å²) in [4.78, 5) is 30.6. The summed E-state index contributed by atoms with van der Waals surface area (Å²) in [6, 6.07) is 23.1. The number of carbonyl (C=O) groups is 2. The van der Waals surface area contributed by atoms with Crippen molar-refractivity contribution in [1.29, 1.82) is 0 Å². The Hall–Kier alpha value is -4.40. The lowest BCUT2D eigenvalue weighted by atomic mass is 9.93. The highest BCUT2D eigenvalue weighted by molar-refractivity contribution is 7.93. The monoisotopic (exact) mass is 578 g/mol. The van der Waals surface area contributed by atoms with E-state index in [9.17, 15) is 18.0 Å². The minimum absolute atomic E-state index is 0.0275. The van der Waals surface area contributed by atoms with Gasteiger partial charge in [0.15, 0.2) is 0 Å². The first-order chi connectivity index (χ1) is 20.3. The number of nitrogens with zero attached hydrogens (tertiary/aromatic N) is 2. The summed E-state index contributed by atoms with van der Waals surface area (Å²) in [5.74, 6) is -0.648. The zero-order valence-electron chi connectivity index (χ0n) is 23.4. The Labute approximate surface area is 244 Å². The lowest BCUT2D eigenvalue weighted by Crippen LogP contribution is -2.39. The molecular weight excluding hydrogens is 548 g/mol. The molecule has 212 valence electrons. The molecule has 1 unspecified atom stereocenters. The van der Waals surface area contributed by atoms with Crippen molar-refractivity contribution in [3.63, 3.8) is 0 Å². The Morgan fingerprint density at radius 2 is 1.74 bits per heavy atom. The Morgan fingerprint density at radius 1 is 1.00 bits per heavy atom. The van der Waals surface area contributed by atoms with Crippen molar-refractivity contribution in [2.45, 2.75) is 31.8 Å². The van der Waals surface area contributed by atoms with E-state index in [0.29, 0.717) is 11.8 Å². The molecule has 1 aliphatic rings. The number of hydrogen-bond acceptors (Lipinski definition) is 6. The van der Waals surface area contributed by atoms with E-state index in [1.807, 2.05) is 67.6 Å². The molecule has 42 heavy (non-hydrogen) atoms. The number of ether oxygens (including phenoxy) is 1. The highest BCUT2D eigenvalue weighted by Crippen LogP contribution is 2.38. The van der Waals surface area contributed by atoms with Gasteiger partial charge in [0.2, 0.25) is 0 Å². The fourth-order valence-corrected chi connectivity index (χ4v) is 7.11. The Kier molecular flexibility index (Phi) is 7.12. The van der Waals surface area contributed by atoms with Crippen LogP contribution in [0.25, 0.3) is 43.4 Å². The Balaban J connectivity index is 1.59. The van der Waals surface area contributed by atoms with Crippen LogP contribution in [0.5, 0.6) is 0 Å². The Bertz CT molecular complexity index is 2070. The summed E-state index contributed by atoms with van der Waals surface area (Å²) in [6.07, 6.45) is 6.19. The van der Waals surface area contributed by atoms with Gasteiger partial charge in [-0.2, -0.15) is 0 Å². The van der Waals surface area contributed by atoms with E-state index in [1.54, 1.807) is 31.4 Å². The van der Waals surface area contributed by atoms with E-state index >= 15 is 0 Å². The van der Waals surface area contributed by atoms with E-state index in [4.69, 9.17) is 9.72 Å². The van der Waals surface area contributed by atoms with Crippen molar-refractivity contribution in [3.05, 3.63) is 101 Å². The van der Waals surface area contributed by atoms with Gasteiger partial charge in [-0.25, -0.2) is 17.7 Å². The third-order valence-corrected chi connectivity index (χ3v) is 9.86. The van der Waals surface area contributed by atoms with Gasteiger partial charge < -0.3 is 9.53 Å². The minimum atomic E-state index is -4.24.